The van der Waals surface area contributed by atoms with Gasteiger partial charge in [-0.3, -0.25) is 0 Å². The standard InChI is InChI=1S/C9H5BrClNO2/c10-4-1-2-5-6(3-4)12-8(7(5)11)9(13)14/h1-3,12H,(H,13,14). The molecule has 0 saturated carbocycles. The normalized spacial score (nSPS) is 10.7. The Hall–Kier alpha value is -1.00. The molecule has 0 spiro atoms. The minimum absolute atomic E-state index is 0.0276. The Bertz CT molecular complexity index is 521. The lowest BCUT2D eigenvalue weighted by Gasteiger charge is -1.90. The first-order valence-corrected chi connectivity index (χ1v) is 4.96. The molecule has 2 N–H and O–H groups in total. The van der Waals surface area contributed by atoms with E-state index in [2.05, 4.69) is 20.9 Å². The molecule has 0 unspecified atom stereocenters. The Balaban J connectivity index is 2.79. The maximum atomic E-state index is 10.7. The SMILES string of the molecule is O=C(O)c1[nH]c2cc(Br)ccc2c1Cl. The number of hydrogen-bond donors (Lipinski definition) is 2. The minimum Gasteiger partial charge on any atom is -0.477 e. The summed E-state index contributed by atoms with van der Waals surface area (Å²) in [6, 6.07) is 5.37. The molecule has 0 atom stereocenters. The van der Waals surface area contributed by atoms with Crippen LogP contribution in [0.5, 0.6) is 0 Å². The van der Waals surface area contributed by atoms with Crippen molar-refractivity contribution in [3.05, 3.63) is 33.4 Å². The molecule has 0 aliphatic rings. The summed E-state index contributed by atoms with van der Waals surface area (Å²) in [7, 11) is 0. The van der Waals surface area contributed by atoms with E-state index in [1.165, 1.54) is 0 Å². The fourth-order valence-electron chi connectivity index (χ4n) is 1.28. The number of fused-ring (bicyclic) bond motifs is 1. The topological polar surface area (TPSA) is 53.1 Å². The van der Waals surface area contributed by atoms with Crippen LogP contribution in [0.2, 0.25) is 5.02 Å². The highest BCUT2D eigenvalue weighted by Gasteiger charge is 2.14. The molecule has 1 aromatic carbocycles. The van der Waals surface area contributed by atoms with Crippen LogP contribution in [0.4, 0.5) is 0 Å². The van der Waals surface area contributed by atoms with E-state index < -0.39 is 5.97 Å². The fraction of sp³-hybridized carbons (Fsp3) is 0. The number of carboxylic acids is 1. The molecule has 0 fully saturated rings. The van der Waals surface area contributed by atoms with E-state index in [9.17, 15) is 4.79 Å². The third-order valence-corrected chi connectivity index (χ3v) is 2.80. The number of H-pyrrole nitrogens is 1. The van der Waals surface area contributed by atoms with Crippen LogP contribution in [-0.2, 0) is 0 Å². The number of hydrogen-bond acceptors (Lipinski definition) is 1. The summed E-state index contributed by atoms with van der Waals surface area (Å²) in [5, 5.41) is 9.77. The molecule has 0 bridgehead atoms. The quantitative estimate of drug-likeness (QED) is 0.838. The number of carbonyl (C=O) groups is 1. The number of aromatic amines is 1. The van der Waals surface area contributed by atoms with Gasteiger partial charge >= 0.3 is 5.97 Å². The van der Waals surface area contributed by atoms with Crippen molar-refractivity contribution < 1.29 is 9.90 Å². The van der Waals surface area contributed by atoms with Crippen LogP contribution in [0.25, 0.3) is 10.9 Å². The smallest absolute Gasteiger partial charge is 0.353 e. The van der Waals surface area contributed by atoms with Crippen LogP contribution in [0.1, 0.15) is 10.5 Å². The Morgan fingerprint density at radius 2 is 2.21 bits per heavy atom. The van der Waals surface area contributed by atoms with E-state index in [1.807, 2.05) is 6.07 Å². The molecule has 0 aliphatic heterocycles. The predicted octanol–water partition coefficient (Wildman–Crippen LogP) is 3.28. The van der Waals surface area contributed by atoms with E-state index in [0.717, 1.165) is 4.47 Å². The molecule has 0 aliphatic carbocycles. The molecule has 2 aromatic rings. The summed E-state index contributed by atoms with van der Waals surface area (Å²) >= 11 is 9.17. The highest BCUT2D eigenvalue weighted by Crippen LogP contribution is 2.29. The van der Waals surface area contributed by atoms with Crippen molar-refractivity contribution in [2.75, 3.05) is 0 Å². The Kier molecular flexibility index (Phi) is 2.25. The fourth-order valence-corrected chi connectivity index (χ4v) is 1.94. The van der Waals surface area contributed by atoms with Crippen molar-refractivity contribution in [3.63, 3.8) is 0 Å². The Morgan fingerprint density at radius 1 is 1.50 bits per heavy atom. The number of carboxylic acid groups (broad SMARTS) is 1. The van der Waals surface area contributed by atoms with Crippen molar-refractivity contribution in [1.29, 1.82) is 0 Å². The predicted molar refractivity (Wildman–Crippen MR) is 58.0 cm³/mol. The van der Waals surface area contributed by atoms with Crippen molar-refractivity contribution >= 4 is 44.4 Å². The number of rotatable bonds is 1. The van der Waals surface area contributed by atoms with Crippen LogP contribution in [0.15, 0.2) is 22.7 Å². The van der Waals surface area contributed by atoms with E-state index >= 15 is 0 Å². The molecule has 0 amide bonds. The van der Waals surface area contributed by atoms with Gasteiger partial charge in [-0.15, -0.1) is 0 Å². The zero-order chi connectivity index (χ0) is 10.3. The molecular formula is C9H5BrClNO2. The lowest BCUT2D eigenvalue weighted by Crippen LogP contribution is -1.96. The van der Waals surface area contributed by atoms with Gasteiger partial charge in [0.25, 0.3) is 0 Å². The maximum absolute atomic E-state index is 10.7. The average molecular weight is 275 g/mol. The second kappa shape index (κ2) is 3.29. The van der Waals surface area contributed by atoms with Gasteiger partial charge in [0.15, 0.2) is 0 Å². The summed E-state index contributed by atoms with van der Waals surface area (Å²) < 4.78 is 0.875. The Labute approximate surface area is 92.8 Å². The highest BCUT2D eigenvalue weighted by molar-refractivity contribution is 9.10. The first-order chi connectivity index (χ1) is 6.59. The molecule has 2 rings (SSSR count). The third kappa shape index (κ3) is 1.40. The third-order valence-electron chi connectivity index (χ3n) is 1.91. The highest BCUT2D eigenvalue weighted by atomic mass is 79.9. The molecule has 0 radical (unpaired) electrons. The maximum Gasteiger partial charge on any atom is 0.353 e. The summed E-state index contributed by atoms with van der Waals surface area (Å²) in [6.07, 6.45) is 0. The lowest BCUT2D eigenvalue weighted by molar-refractivity contribution is 0.0692. The number of nitrogens with one attached hydrogen (secondary N) is 1. The van der Waals surface area contributed by atoms with Gasteiger partial charge in [-0.2, -0.15) is 0 Å². The molecular weight excluding hydrogens is 269 g/mol. The van der Waals surface area contributed by atoms with Gasteiger partial charge in [-0.1, -0.05) is 33.6 Å². The van der Waals surface area contributed by atoms with Gasteiger partial charge in [0.2, 0.25) is 0 Å². The van der Waals surface area contributed by atoms with Crippen LogP contribution >= 0.6 is 27.5 Å². The van der Waals surface area contributed by atoms with Gasteiger partial charge in [0, 0.05) is 15.4 Å². The zero-order valence-electron chi connectivity index (χ0n) is 6.84. The average Bonchev–Trinajstić information content (AvgIpc) is 2.43. The minimum atomic E-state index is -1.05. The second-order valence-corrected chi connectivity index (χ2v) is 4.10. The van der Waals surface area contributed by atoms with Gasteiger partial charge < -0.3 is 10.1 Å². The molecule has 14 heavy (non-hydrogen) atoms. The van der Waals surface area contributed by atoms with Gasteiger partial charge in [0.05, 0.1) is 5.02 Å². The van der Waals surface area contributed by atoms with Crippen LogP contribution in [0.3, 0.4) is 0 Å². The molecule has 1 aromatic heterocycles. The van der Waals surface area contributed by atoms with Crippen molar-refractivity contribution in [2.45, 2.75) is 0 Å². The summed E-state index contributed by atoms with van der Waals surface area (Å²) in [6.45, 7) is 0. The van der Waals surface area contributed by atoms with Crippen molar-refractivity contribution in [2.24, 2.45) is 0 Å². The first-order valence-electron chi connectivity index (χ1n) is 3.79. The van der Waals surface area contributed by atoms with Crippen molar-refractivity contribution in [3.8, 4) is 0 Å². The van der Waals surface area contributed by atoms with E-state index in [-0.39, 0.29) is 10.7 Å². The summed E-state index contributed by atoms with van der Waals surface area (Å²) in [5.41, 5.74) is 0.738. The van der Waals surface area contributed by atoms with E-state index in [0.29, 0.717) is 10.9 Å². The molecule has 5 heteroatoms. The monoisotopic (exact) mass is 273 g/mol. The first kappa shape index (κ1) is 9.55. The van der Waals surface area contributed by atoms with E-state index in [4.69, 9.17) is 16.7 Å². The largest absolute Gasteiger partial charge is 0.477 e. The number of aromatic carboxylic acids is 1. The van der Waals surface area contributed by atoms with Gasteiger partial charge in [-0.05, 0) is 12.1 Å². The molecule has 1 heterocycles. The molecule has 72 valence electrons. The zero-order valence-corrected chi connectivity index (χ0v) is 9.19. The van der Waals surface area contributed by atoms with Gasteiger partial charge in [-0.25, -0.2) is 4.79 Å². The van der Waals surface area contributed by atoms with Gasteiger partial charge in [0.1, 0.15) is 5.69 Å². The summed E-state index contributed by atoms with van der Waals surface area (Å²) in [5.74, 6) is -1.05. The molecule has 0 saturated heterocycles. The number of halogens is 2. The number of benzene rings is 1. The number of aromatic nitrogens is 1. The van der Waals surface area contributed by atoms with Crippen molar-refractivity contribution in [1.82, 2.24) is 4.98 Å². The van der Waals surface area contributed by atoms with Crippen LogP contribution in [0, 0.1) is 0 Å². The van der Waals surface area contributed by atoms with Crippen LogP contribution in [-0.4, -0.2) is 16.1 Å². The second-order valence-electron chi connectivity index (χ2n) is 2.81. The van der Waals surface area contributed by atoms with Crippen LogP contribution < -0.4 is 0 Å². The lowest BCUT2D eigenvalue weighted by atomic mass is 10.2. The Morgan fingerprint density at radius 3 is 2.86 bits per heavy atom. The van der Waals surface area contributed by atoms with E-state index in [1.54, 1.807) is 12.1 Å². The summed E-state index contributed by atoms with van der Waals surface area (Å²) in [4.78, 5) is 13.5. The molecule has 3 nitrogen and oxygen atoms in total.